The summed E-state index contributed by atoms with van der Waals surface area (Å²) in [6.07, 6.45) is 0.898. The highest BCUT2D eigenvalue weighted by atomic mass is 16.4. The Morgan fingerprint density at radius 1 is 1.04 bits per heavy atom. The SMILES string of the molecule is Cc1ccccc1Cc1ccc(-c2nc3cc(C(=O)O)ccc3[nH]2)cc1. The number of hydrogen-bond acceptors (Lipinski definition) is 2. The van der Waals surface area contributed by atoms with Crippen molar-refractivity contribution in [3.8, 4) is 11.4 Å². The second-order valence-corrected chi connectivity index (χ2v) is 6.42. The van der Waals surface area contributed by atoms with E-state index >= 15 is 0 Å². The zero-order chi connectivity index (χ0) is 18.1. The maximum absolute atomic E-state index is 11.1. The first-order chi connectivity index (χ1) is 12.6. The summed E-state index contributed by atoms with van der Waals surface area (Å²) in [7, 11) is 0. The van der Waals surface area contributed by atoms with Gasteiger partial charge >= 0.3 is 5.97 Å². The van der Waals surface area contributed by atoms with Crippen LogP contribution in [0.2, 0.25) is 0 Å². The van der Waals surface area contributed by atoms with Crippen LogP contribution in [0.4, 0.5) is 0 Å². The van der Waals surface area contributed by atoms with Crippen LogP contribution in [-0.4, -0.2) is 21.0 Å². The number of benzene rings is 3. The van der Waals surface area contributed by atoms with Crippen molar-refractivity contribution in [2.75, 3.05) is 0 Å². The van der Waals surface area contributed by atoms with E-state index in [-0.39, 0.29) is 5.56 Å². The van der Waals surface area contributed by atoms with E-state index in [1.54, 1.807) is 18.2 Å². The number of carbonyl (C=O) groups is 1. The predicted octanol–water partition coefficient (Wildman–Crippen LogP) is 4.83. The van der Waals surface area contributed by atoms with E-state index in [1.165, 1.54) is 16.7 Å². The zero-order valence-corrected chi connectivity index (χ0v) is 14.4. The fraction of sp³-hybridized carbons (Fsp3) is 0.0909. The number of H-pyrrole nitrogens is 1. The van der Waals surface area contributed by atoms with E-state index in [9.17, 15) is 4.79 Å². The fourth-order valence-electron chi connectivity index (χ4n) is 3.08. The molecule has 0 aliphatic carbocycles. The molecule has 0 spiro atoms. The molecule has 0 unspecified atom stereocenters. The molecule has 1 aromatic heterocycles. The molecule has 0 bridgehead atoms. The lowest BCUT2D eigenvalue weighted by atomic mass is 10.00. The Labute approximate surface area is 151 Å². The molecule has 2 N–H and O–H groups in total. The van der Waals surface area contributed by atoms with Crippen molar-refractivity contribution in [2.45, 2.75) is 13.3 Å². The van der Waals surface area contributed by atoms with E-state index < -0.39 is 5.97 Å². The Kier molecular flexibility index (Phi) is 4.01. The quantitative estimate of drug-likeness (QED) is 0.558. The minimum atomic E-state index is -0.947. The summed E-state index contributed by atoms with van der Waals surface area (Å²) in [6, 6.07) is 21.6. The summed E-state index contributed by atoms with van der Waals surface area (Å²) < 4.78 is 0. The summed E-state index contributed by atoms with van der Waals surface area (Å²) in [4.78, 5) is 18.9. The number of aromatic carboxylic acids is 1. The van der Waals surface area contributed by atoms with E-state index in [0.29, 0.717) is 5.52 Å². The molecule has 4 rings (SSSR count). The molecular weight excluding hydrogens is 324 g/mol. The minimum absolute atomic E-state index is 0.240. The number of carboxylic acids is 1. The van der Waals surface area contributed by atoms with Crippen molar-refractivity contribution in [3.05, 3.63) is 89.0 Å². The molecule has 4 heteroatoms. The van der Waals surface area contributed by atoms with Crippen LogP contribution in [0.5, 0.6) is 0 Å². The molecule has 0 radical (unpaired) electrons. The van der Waals surface area contributed by atoms with Crippen molar-refractivity contribution < 1.29 is 9.90 Å². The number of nitrogens with zero attached hydrogens (tertiary/aromatic N) is 1. The topological polar surface area (TPSA) is 66.0 Å². The lowest BCUT2D eigenvalue weighted by Gasteiger charge is -2.06. The van der Waals surface area contributed by atoms with Crippen LogP contribution in [0.15, 0.2) is 66.7 Å². The first-order valence-corrected chi connectivity index (χ1v) is 8.47. The monoisotopic (exact) mass is 342 g/mol. The number of imidazole rings is 1. The Hall–Kier alpha value is -3.40. The molecule has 26 heavy (non-hydrogen) atoms. The van der Waals surface area contributed by atoms with Gasteiger partial charge in [0.15, 0.2) is 0 Å². The molecule has 0 aliphatic rings. The smallest absolute Gasteiger partial charge is 0.335 e. The van der Waals surface area contributed by atoms with Crippen LogP contribution in [0.1, 0.15) is 27.0 Å². The lowest BCUT2D eigenvalue weighted by Crippen LogP contribution is -1.94. The summed E-state index contributed by atoms with van der Waals surface area (Å²) in [6.45, 7) is 2.13. The van der Waals surface area contributed by atoms with Crippen molar-refractivity contribution in [3.63, 3.8) is 0 Å². The first-order valence-electron chi connectivity index (χ1n) is 8.47. The Morgan fingerprint density at radius 2 is 1.81 bits per heavy atom. The molecular formula is C22H18N2O2. The largest absolute Gasteiger partial charge is 0.478 e. The third-order valence-electron chi connectivity index (χ3n) is 4.61. The van der Waals surface area contributed by atoms with Crippen LogP contribution in [0, 0.1) is 6.92 Å². The van der Waals surface area contributed by atoms with Crippen molar-refractivity contribution >= 4 is 17.0 Å². The van der Waals surface area contributed by atoms with Crippen molar-refractivity contribution in [2.24, 2.45) is 0 Å². The van der Waals surface area contributed by atoms with E-state index in [2.05, 4.69) is 53.3 Å². The average molecular weight is 342 g/mol. The van der Waals surface area contributed by atoms with Crippen LogP contribution in [0.25, 0.3) is 22.4 Å². The Bertz CT molecular complexity index is 1090. The third-order valence-corrected chi connectivity index (χ3v) is 4.61. The van der Waals surface area contributed by atoms with E-state index in [4.69, 9.17) is 5.11 Å². The molecule has 3 aromatic carbocycles. The lowest BCUT2D eigenvalue weighted by molar-refractivity contribution is 0.0697. The van der Waals surface area contributed by atoms with E-state index in [0.717, 1.165) is 23.3 Å². The number of fused-ring (bicyclic) bond motifs is 1. The summed E-state index contributed by atoms with van der Waals surface area (Å²) >= 11 is 0. The number of rotatable bonds is 4. The fourth-order valence-corrected chi connectivity index (χ4v) is 3.08. The number of aryl methyl sites for hydroxylation is 1. The highest BCUT2D eigenvalue weighted by Gasteiger charge is 2.09. The van der Waals surface area contributed by atoms with Crippen LogP contribution < -0.4 is 0 Å². The molecule has 0 fully saturated rings. The molecule has 1 heterocycles. The average Bonchev–Trinajstić information content (AvgIpc) is 3.07. The Balaban J connectivity index is 1.61. The molecule has 4 nitrogen and oxygen atoms in total. The maximum atomic E-state index is 11.1. The van der Waals surface area contributed by atoms with Crippen LogP contribution in [0.3, 0.4) is 0 Å². The summed E-state index contributed by atoms with van der Waals surface area (Å²) in [5.41, 5.74) is 6.56. The van der Waals surface area contributed by atoms with Gasteiger partial charge in [0.2, 0.25) is 0 Å². The highest BCUT2D eigenvalue weighted by molar-refractivity contribution is 5.93. The molecule has 0 saturated heterocycles. The second-order valence-electron chi connectivity index (χ2n) is 6.42. The predicted molar refractivity (Wildman–Crippen MR) is 102 cm³/mol. The van der Waals surface area contributed by atoms with Gasteiger partial charge in [-0.05, 0) is 48.2 Å². The van der Waals surface area contributed by atoms with Crippen molar-refractivity contribution in [1.82, 2.24) is 9.97 Å². The van der Waals surface area contributed by atoms with Gasteiger partial charge in [-0.3, -0.25) is 0 Å². The first kappa shape index (κ1) is 16.1. The minimum Gasteiger partial charge on any atom is -0.478 e. The van der Waals surface area contributed by atoms with Crippen LogP contribution >= 0.6 is 0 Å². The molecule has 0 amide bonds. The van der Waals surface area contributed by atoms with Gasteiger partial charge in [-0.1, -0.05) is 48.5 Å². The van der Waals surface area contributed by atoms with Gasteiger partial charge in [-0.25, -0.2) is 9.78 Å². The summed E-state index contributed by atoms with van der Waals surface area (Å²) in [5, 5.41) is 9.10. The van der Waals surface area contributed by atoms with Gasteiger partial charge in [0, 0.05) is 5.56 Å². The molecule has 128 valence electrons. The standard InChI is InChI=1S/C22H18N2O2/c1-14-4-2-3-5-17(14)12-15-6-8-16(9-7-15)21-23-19-11-10-18(22(25)26)13-20(19)24-21/h2-11,13H,12H2,1H3,(H,23,24)(H,25,26). The maximum Gasteiger partial charge on any atom is 0.335 e. The van der Waals surface area contributed by atoms with Gasteiger partial charge in [0.25, 0.3) is 0 Å². The number of nitrogens with one attached hydrogen (secondary N) is 1. The number of hydrogen-bond donors (Lipinski definition) is 2. The van der Waals surface area contributed by atoms with Gasteiger partial charge in [0.1, 0.15) is 5.82 Å². The van der Waals surface area contributed by atoms with Gasteiger partial charge in [0.05, 0.1) is 16.6 Å². The molecule has 0 atom stereocenters. The third kappa shape index (κ3) is 3.09. The molecule has 0 aliphatic heterocycles. The number of aromatic amines is 1. The number of aromatic nitrogens is 2. The number of carboxylic acid groups (broad SMARTS) is 1. The van der Waals surface area contributed by atoms with Crippen molar-refractivity contribution in [1.29, 1.82) is 0 Å². The highest BCUT2D eigenvalue weighted by Crippen LogP contribution is 2.23. The zero-order valence-electron chi connectivity index (χ0n) is 14.4. The van der Waals surface area contributed by atoms with Crippen LogP contribution in [-0.2, 0) is 6.42 Å². The summed E-state index contributed by atoms with van der Waals surface area (Å²) in [5.74, 6) is -0.206. The van der Waals surface area contributed by atoms with Gasteiger partial charge in [-0.2, -0.15) is 0 Å². The molecule has 4 aromatic rings. The second kappa shape index (κ2) is 6.48. The Morgan fingerprint density at radius 3 is 2.54 bits per heavy atom. The van der Waals surface area contributed by atoms with E-state index in [1.807, 2.05) is 12.1 Å². The van der Waals surface area contributed by atoms with Gasteiger partial charge < -0.3 is 10.1 Å². The molecule has 0 saturated carbocycles. The van der Waals surface area contributed by atoms with Gasteiger partial charge in [-0.15, -0.1) is 0 Å². The normalized spacial score (nSPS) is 11.0.